The summed E-state index contributed by atoms with van der Waals surface area (Å²) < 4.78 is 12.7. The summed E-state index contributed by atoms with van der Waals surface area (Å²) in [5.41, 5.74) is 1.42. The molecule has 0 fully saturated rings. The van der Waals surface area contributed by atoms with E-state index in [1.54, 1.807) is 7.11 Å². The van der Waals surface area contributed by atoms with Crippen molar-refractivity contribution in [1.29, 1.82) is 0 Å². The predicted octanol–water partition coefficient (Wildman–Crippen LogP) is 2.70. The average Bonchev–Trinajstić information content (AvgIpc) is 2.46. The van der Waals surface area contributed by atoms with Crippen molar-refractivity contribution >= 4 is 19.4 Å². The third-order valence-electron chi connectivity index (χ3n) is 3.40. The number of hydrogen-bond acceptors (Lipinski definition) is 3. The number of benzene rings is 1. The maximum absolute atomic E-state index is 5.81. The van der Waals surface area contributed by atoms with Crippen LogP contribution in [0.25, 0.3) is 0 Å². The Bertz CT molecular complexity index is 410. The molecule has 0 aliphatic carbocycles. The fourth-order valence-corrected chi connectivity index (χ4v) is 4.24. The van der Waals surface area contributed by atoms with E-state index in [9.17, 15) is 0 Å². The van der Waals surface area contributed by atoms with E-state index in [2.05, 4.69) is 64.0 Å². The number of ether oxygens (including phenoxy) is 2. The van der Waals surface area contributed by atoms with Crippen molar-refractivity contribution in [3.8, 4) is 0 Å². The van der Waals surface area contributed by atoms with E-state index >= 15 is 0 Å². The van der Waals surface area contributed by atoms with Gasteiger partial charge in [0.05, 0.1) is 0 Å². The number of nitrogens with zero attached hydrogens (tertiary/aromatic N) is 1. The van der Waals surface area contributed by atoms with Crippen LogP contribution < -0.4 is 4.46 Å². The van der Waals surface area contributed by atoms with Crippen molar-refractivity contribution in [3.05, 3.63) is 29.8 Å². The van der Waals surface area contributed by atoms with Gasteiger partial charge in [-0.25, -0.2) is 0 Å². The van der Waals surface area contributed by atoms with Crippen LogP contribution in [0.3, 0.4) is 0 Å². The minimum atomic E-state index is -0.0879. The summed E-state index contributed by atoms with van der Waals surface area (Å²) in [6, 6.07) is 9.15. The summed E-state index contributed by atoms with van der Waals surface area (Å²) in [5, 5.41) is 0.952. The molecule has 0 bridgehead atoms. The molecule has 0 spiro atoms. The number of methoxy groups -OCH3 is 1. The summed E-state index contributed by atoms with van der Waals surface area (Å²) in [4.78, 5) is 2.25. The molecule has 0 aliphatic rings. The Balaban J connectivity index is 2.65. The Morgan fingerprint density at radius 3 is 2.38 bits per heavy atom. The predicted molar refractivity (Wildman–Crippen MR) is 90.3 cm³/mol. The molecule has 1 aromatic carbocycles. The van der Waals surface area contributed by atoms with Crippen molar-refractivity contribution in [2.45, 2.75) is 38.4 Å². The minimum absolute atomic E-state index is 0.0879. The van der Waals surface area contributed by atoms with Crippen LogP contribution >= 0.6 is 0 Å². The zero-order chi connectivity index (χ0) is 15.8. The molecule has 2 atom stereocenters. The van der Waals surface area contributed by atoms with Gasteiger partial charge in [-0.1, -0.05) is 0 Å². The average molecular weight is 358 g/mol. The SMILES string of the molecule is CO[C@H](C[Se]c1ccccc1[C@@H](C)N(C)C)OCC(C)C. The monoisotopic (exact) mass is 359 g/mol. The summed E-state index contributed by atoms with van der Waals surface area (Å²) >= 11 is 0.360. The van der Waals surface area contributed by atoms with E-state index in [-0.39, 0.29) is 6.29 Å². The van der Waals surface area contributed by atoms with Gasteiger partial charge < -0.3 is 0 Å². The van der Waals surface area contributed by atoms with Gasteiger partial charge in [0.25, 0.3) is 0 Å². The van der Waals surface area contributed by atoms with Crippen molar-refractivity contribution in [1.82, 2.24) is 4.90 Å². The molecular weight excluding hydrogens is 329 g/mol. The van der Waals surface area contributed by atoms with E-state index < -0.39 is 0 Å². The third-order valence-corrected chi connectivity index (χ3v) is 5.75. The van der Waals surface area contributed by atoms with Gasteiger partial charge in [-0.3, -0.25) is 0 Å². The van der Waals surface area contributed by atoms with Gasteiger partial charge in [0.15, 0.2) is 0 Å². The second-order valence-corrected chi connectivity index (χ2v) is 8.11. The molecule has 0 saturated heterocycles. The van der Waals surface area contributed by atoms with Crippen LogP contribution in [-0.2, 0) is 9.47 Å². The fourth-order valence-electron chi connectivity index (χ4n) is 1.88. The van der Waals surface area contributed by atoms with Gasteiger partial charge >= 0.3 is 136 Å². The Morgan fingerprint density at radius 2 is 1.81 bits per heavy atom. The second kappa shape index (κ2) is 9.60. The zero-order valence-electron chi connectivity index (χ0n) is 14.1. The molecule has 0 N–H and O–H groups in total. The second-order valence-electron chi connectivity index (χ2n) is 5.88. The molecule has 1 aromatic rings. The molecule has 1 rings (SSSR count). The van der Waals surface area contributed by atoms with Crippen LogP contribution in [0.2, 0.25) is 5.32 Å². The van der Waals surface area contributed by atoms with Crippen LogP contribution in [0.1, 0.15) is 32.4 Å². The number of rotatable bonds is 9. The Morgan fingerprint density at radius 1 is 1.14 bits per heavy atom. The van der Waals surface area contributed by atoms with E-state index in [4.69, 9.17) is 9.47 Å². The van der Waals surface area contributed by atoms with Gasteiger partial charge in [-0.05, 0) is 0 Å². The van der Waals surface area contributed by atoms with E-state index in [1.165, 1.54) is 10.0 Å². The van der Waals surface area contributed by atoms with Crippen molar-refractivity contribution in [3.63, 3.8) is 0 Å². The topological polar surface area (TPSA) is 21.7 Å². The maximum atomic E-state index is 5.81. The van der Waals surface area contributed by atoms with Crippen molar-refractivity contribution in [2.75, 3.05) is 27.8 Å². The van der Waals surface area contributed by atoms with Gasteiger partial charge in [-0.15, -0.1) is 0 Å². The molecule has 21 heavy (non-hydrogen) atoms. The van der Waals surface area contributed by atoms with Gasteiger partial charge in [0, 0.05) is 0 Å². The first-order chi connectivity index (χ1) is 9.95. The summed E-state index contributed by atoms with van der Waals surface area (Å²) in [6.45, 7) is 7.32. The van der Waals surface area contributed by atoms with Crippen LogP contribution in [0.15, 0.2) is 24.3 Å². The van der Waals surface area contributed by atoms with Gasteiger partial charge in [0.1, 0.15) is 0 Å². The first-order valence-corrected chi connectivity index (χ1v) is 9.55. The number of hydrogen-bond donors (Lipinski definition) is 0. The van der Waals surface area contributed by atoms with Gasteiger partial charge in [0.2, 0.25) is 0 Å². The summed E-state index contributed by atoms with van der Waals surface area (Å²) in [7, 11) is 5.98. The van der Waals surface area contributed by atoms with E-state index in [0.29, 0.717) is 26.9 Å². The molecule has 0 aromatic heterocycles. The first-order valence-electron chi connectivity index (χ1n) is 7.48. The van der Waals surface area contributed by atoms with Crippen molar-refractivity contribution < 1.29 is 9.47 Å². The molecule has 0 unspecified atom stereocenters. The quantitative estimate of drug-likeness (QED) is 0.501. The Hall–Kier alpha value is -0.381. The summed E-state index contributed by atoms with van der Waals surface area (Å²) in [5.74, 6) is 0.538. The van der Waals surface area contributed by atoms with Crippen LogP contribution in [0.5, 0.6) is 0 Å². The van der Waals surface area contributed by atoms with E-state index in [1.807, 2.05) is 0 Å². The van der Waals surface area contributed by atoms with Crippen LogP contribution in [0.4, 0.5) is 0 Å². The molecule has 3 nitrogen and oxygen atoms in total. The Kier molecular flexibility index (Phi) is 8.53. The molecule has 0 saturated carbocycles. The van der Waals surface area contributed by atoms with Crippen LogP contribution in [-0.4, -0.2) is 54.0 Å². The molecule has 0 aliphatic heterocycles. The fraction of sp³-hybridized carbons (Fsp3) is 0.647. The zero-order valence-corrected chi connectivity index (χ0v) is 15.8. The Labute approximate surface area is 136 Å². The molecule has 0 radical (unpaired) electrons. The standard InChI is InChI=1S/C17H29NO2Se/c1-13(2)11-20-17(19-6)12-21-16-10-8-7-9-15(16)14(3)18(4)5/h7-10,13-14,17H,11-12H2,1-6H3/t14-,17+/m1/s1. The van der Waals surface area contributed by atoms with Gasteiger partial charge in [-0.2, -0.15) is 0 Å². The molecule has 0 heterocycles. The van der Waals surface area contributed by atoms with E-state index in [0.717, 1.165) is 11.9 Å². The molecular formula is C17H29NO2Se. The summed E-state index contributed by atoms with van der Waals surface area (Å²) in [6.07, 6.45) is -0.0879. The van der Waals surface area contributed by atoms with Crippen LogP contribution in [0, 0.1) is 5.92 Å². The van der Waals surface area contributed by atoms with Crippen molar-refractivity contribution in [2.24, 2.45) is 5.92 Å². The molecule has 4 heteroatoms. The molecule has 120 valence electrons. The normalized spacial score (nSPS) is 14.7. The first kappa shape index (κ1) is 18.7. The molecule has 0 amide bonds. The third kappa shape index (κ3) is 6.50.